The predicted molar refractivity (Wildman–Crippen MR) is 520 cm³/mol. The Hall–Kier alpha value is -12.1. The molecule has 18 rings (SSSR count). The third-order valence-corrected chi connectivity index (χ3v) is 29.3. The van der Waals surface area contributed by atoms with Crippen LogP contribution in [0, 0.1) is 17.5 Å². The van der Waals surface area contributed by atoms with Crippen LogP contribution < -0.4 is 4.74 Å². The molecule has 4 saturated carbocycles. The summed E-state index contributed by atoms with van der Waals surface area (Å²) in [5.74, 6) is 1.96. The van der Waals surface area contributed by atoms with Gasteiger partial charge in [-0.2, -0.15) is 0 Å². The second-order valence-electron chi connectivity index (χ2n) is 36.7. The molecule has 6 aliphatic rings. The molecule has 2 saturated heterocycles. The van der Waals surface area contributed by atoms with Crippen LogP contribution in [0.4, 0.5) is 13.2 Å². The van der Waals surface area contributed by atoms with Gasteiger partial charge in [0, 0.05) is 182 Å². The molecule has 0 amide bonds. The number of rotatable bonds is 31. The Morgan fingerprint density at radius 2 is 0.564 bits per heavy atom. The van der Waals surface area contributed by atoms with Crippen molar-refractivity contribution in [3.05, 3.63) is 337 Å². The summed E-state index contributed by atoms with van der Waals surface area (Å²) in [6.45, 7) is -0.704. The molecule has 7 aromatic heterocycles. The van der Waals surface area contributed by atoms with E-state index < -0.39 is 57.0 Å². The van der Waals surface area contributed by atoms with E-state index in [1.54, 1.807) is 31.4 Å². The van der Waals surface area contributed by atoms with E-state index in [1.807, 2.05) is 65.9 Å². The number of hydrogen-bond donors (Lipinski definition) is 6. The molecule has 0 bridgehead atoms. The van der Waals surface area contributed by atoms with Crippen molar-refractivity contribution < 1.29 is 86.8 Å². The van der Waals surface area contributed by atoms with Crippen molar-refractivity contribution in [3.63, 3.8) is 0 Å². The smallest absolute Gasteiger partial charge is 0.191 e. The molecule has 140 heavy (non-hydrogen) atoms. The zero-order chi connectivity index (χ0) is 99.0. The summed E-state index contributed by atoms with van der Waals surface area (Å²) < 4.78 is 56.8. The molecule has 4 aliphatic carbocycles. The van der Waals surface area contributed by atoms with Crippen LogP contribution in [0.5, 0.6) is 5.75 Å². The van der Waals surface area contributed by atoms with Gasteiger partial charge in [0.05, 0.1) is 40.5 Å². The SMILES string of the molecule is COc1ccc(C2(Cc3ncc(C(=O)CO)cn3)CCCC2)cc1.O=C(CO)c1cnc(CC2(c3ccc(F)cc3)CCOCC2)nc1.O=C(CO)c1cnc(CC2(c3cccc(Cl)c3)CCCC2)nc1.O=C(CO)c1cnc(CC2(c3cccc(F)c3)CCCC2)nc1.O=C(CO)c1cnc(CC2(c3cccc(F)c3)CCOCC2)nc1.O=C(CO)c1cnc(CC2(c3cccs3)CCCCC2)nc1. The maximum Gasteiger partial charge on any atom is 0.191 e. The second kappa shape index (κ2) is 50.8. The lowest BCUT2D eigenvalue weighted by Crippen LogP contribution is -2.36. The van der Waals surface area contributed by atoms with Crippen LogP contribution in [0.3, 0.4) is 0 Å². The van der Waals surface area contributed by atoms with Gasteiger partial charge in [-0.1, -0.05) is 136 Å². The number of aliphatic hydroxyl groups excluding tert-OH is 6. The van der Waals surface area contributed by atoms with Crippen LogP contribution >= 0.6 is 22.9 Å². The summed E-state index contributed by atoms with van der Waals surface area (Å²) in [7, 11) is 1.67. The van der Waals surface area contributed by atoms with E-state index in [-0.39, 0.29) is 72.9 Å². The van der Waals surface area contributed by atoms with Crippen LogP contribution in [0.2, 0.25) is 5.02 Å². The number of benzene rings is 5. The molecule has 32 heteroatoms. The van der Waals surface area contributed by atoms with Gasteiger partial charge in [-0.05, 0) is 177 Å². The largest absolute Gasteiger partial charge is 0.497 e. The number of carbonyl (C=O) groups is 6. The molecular weight excluding hydrogens is 1830 g/mol. The summed E-state index contributed by atoms with van der Waals surface area (Å²) in [4.78, 5) is 122. The minimum absolute atomic E-state index is 0.0212. The first-order valence-corrected chi connectivity index (χ1v) is 48.8. The van der Waals surface area contributed by atoms with Gasteiger partial charge in [0.2, 0.25) is 0 Å². The Labute approximate surface area is 820 Å². The zero-order valence-electron chi connectivity index (χ0n) is 78.5. The van der Waals surface area contributed by atoms with E-state index in [4.69, 9.17) is 56.5 Å². The first-order chi connectivity index (χ1) is 67.9. The fraction of sp³-hybridized carbons (Fsp3) is 0.407. The van der Waals surface area contributed by atoms with E-state index in [0.29, 0.717) is 91.0 Å². The van der Waals surface area contributed by atoms with Gasteiger partial charge in [-0.15, -0.1) is 11.3 Å². The van der Waals surface area contributed by atoms with Crippen molar-refractivity contribution in [2.45, 2.75) is 206 Å². The minimum atomic E-state index is -0.562. The molecule has 0 spiro atoms. The number of aliphatic hydroxyl groups is 6. The van der Waals surface area contributed by atoms with Crippen LogP contribution in [0.15, 0.2) is 213 Å². The molecule has 27 nitrogen and oxygen atoms in total. The van der Waals surface area contributed by atoms with Crippen molar-refractivity contribution in [2.24, 2.45) is 0 Å². The van der Waals surface area contributed by atoms with Crippen molar-refractivity contribution >= 4 is 57.6 Å². The molecule has 6 N–H and O–H groups in total. The van der Waals surface area contributed by atoms with E-state index in [2.05, 4.69) is 95.5 Å². The Morgan fingerprint density at radius 1 is 0.307 bits per heavy atom. The monoisotopic (exact) mass is 1950 g/mol. The average molecular weight is 1950 g/mol. The fourth-order valence-electron chi connectivity index (χ4n) is 19.9. The predicted octanol–water partition coefficient (Wildman–Crippen LogP) is 16.2. The Balaban J connectivity index is 0.000000141. The lowest BCUT2D eigenvalue weighted by Gasteiger charge is -2.37. The van der Waals surface area contributed by atoms with Crippen molar-refractivity contribution in [3.8, 4) is 5.75 Å². The molecule has 5 aromatic carbocycles. The number of methoxy groups -OCH3 is 1. The summed E-state index contributed by atoms with van der Waals surface area (Å²) in [6.07, 6.45) is 44.5. The van der Waals surface area contributed by atoms with Gasteiger partial charge in [-0.25, -0.2) is 73.0 Å². The number of Topliss-reactive ketones (excluding diaryl/α,β-unsaturated/α-hetero) is 6. The molecule has 12 aromatic rings. The van der Waals surface area contributed by atoms with E-state index in [0.717, 1.165) is 141 Å². The van der Waals surface area contributed by atoms with E-state index in [9.17, 15) is 41.9 Å². The molecular formula is C108H118ClF3N12O15S. The van der Waals surface area contributed by atoms with Gasteiger partial charge >= 0.3 is 0 Å². The van der Waals surface area contributed by atoms with Crippen LogP contribution in [-0.2, 0) is 80.5 Å². The minimum Gasteiger partial charge on any atom is -0.497 e. The van der Waals surface area contributed by atoms with Crippen molar-refractivity contribution in [1.82, 2.24) is 59.8 Å². The number of nitrogens with zero attached hydrogens (tertiary/aromatic N) is 12. The number of halogens is 4. The van der Waals surface area contributed by atoms with Gasteiger partial charge in [0.25, 0.3) is 0 Å². The molecule has 734 valence electrons. The lowest BCUT2D eigenvalue weighted by atomic mass is 9.70. The average Bonchev–Trinajstić information content (AvgIpc) is 1.51. The molecule has 0 radical (unpaired) electrons. The highest BCUT2D eigenvalue weighted by atomic mass is 35.5. The Bertz CT molecular complexity index is 5890. The van der Waals surface area contributed by atoms with Gasteiger partial charge < -0.3 is 44.8 Å². The molecule has 0 unspecified atom stereocenters. The maximum atomic E-state index is 13.7. The quantitative estimate of drug-likeness (QED) is 0.0220. The third kappa shape index (κ3) is 27.8. The summed E-state index contributed by atoms with van der Waals surface area (Å²) in [5.41, 5.74) is 7.07. The number of carbonyl (C=O) groups excluding carboxylic acids is 6. The van der Waals surface area contributed by atoms with E-state index in [1.165, 1.54) is 172 Å². The van der Waals surface area contributed by atoms with Crippen LogP contribution in [0.1, 0.15) is 265 Å². The highest BCUT2D eigenvalue weighted by molar-refractivity contribution is 7.10. The van der Waals surface area contributed by atoms with Gasteiger partial charge in [-0.3, -0.25) is 28.8 Å². The maximum absolute atomic E-state index is 13.7. The third-order valence-electron chi connectivity index (χ3n) is 27.9. The normalized spacial score (nSPS) is 16.6. The topological polar surface area (TPSA) is 406 Å². The molecule has 9 heterocycles. The number of aromatic nitrogens is 12. The number of ketones is 6. The molecule has 0 atom stereocenters. The second-order valence-corrected chi connectivity index (χ2v) is 38.1. The number of ether oxygens (including phenoxy) is 3. The van der Waals surface area contributed by atoms with Gasteiger partial charge in [0.1, 0.15) is 97.8 Å². The van der Waals surface area contributed by atoms with E-state index >= 15 is 0 Å². The zero-order valence-corrected chi connectivity index (χ0v) is 80.1. The fourth-order valence-corrected chi connectivity index (χ4v) is 21.1. The number of hydrogen-bond acceptors (Lipinski definition) is 28. The number of thiophene rings is 1. The Morgan fingerprint density at radius 3 is 0.843 bits per heavy atom. The summed E-state index contributed by atoms with van der Waals surface area (Å²) >= 11 is 7.98. The first-order valence-electron chi connectivity index (χ1n) is 47.5. The highest BCUT2D eigenvalue weighted by Gasteiger charge is 2.43. The van der Waals surface area contributed by atoms with Gasteiger partial charge in [0.15, 0.2) is 34.7 Å². The standard InChI is InChI=1S/C19H22N2O3.C18H19ClN2O2.2C18H19FN2O3.C18H19FN2O2.C17H20N2O2S/c1-24-16-6-4-15(5-7-16)19(8-2-3-9-19)10-18-20-11-14(12-21-18)17(23)13-22;19-15-5-3-4-14(8-15)18(6-1-2-7-18)9-17-20-10-13(11-21-17)16(23)12-22;19-15-3-1-14(2-4-15)18(5-7-24-8-6-18)9-17-20-10-13(11-21-17)16(23)12-22;19-15-3-1-2-14(8-15)18(4-6-24-7-5-18)9-17-20-10-13(11-21-17)16(23)12-22;19-15-5-3-4-14(8-15)18(6-1-2-7-18)9-17-20-10-13(11-21-17)16(23)12-22;20-12-14(21)13-10-18-16(19-11-13)9-17(6-2-1-3-7-17)15-5-4-8-22-15/h4-7,11-12,22H,2-3,8-10,13H2,1H3;3-5,8,10-11,22H,1-2,6-7,9,12H2;1-4,10-11,22H,5-9,12H2;1-3,8,10-11,22H,4-7,9,12H2;3-5,8,10-11,22H,1-2,6-7,9,12H2;4-5,8,10-11,20H,1-3,6-7,9,12H2. The molecule has 6 fully saturated rings. The van der Waals surface area contributed by atoms with Crippen molar-refractivity contribution in [2.75, 3.05) is 73.2 Å². The summed E-state index contributed by atoms with van der Waals surface area (Å²) in [5, 5.41) is 56.2. The van der Waals surface area contributed by atoms with Crippen LogP contribution in [-0.4, -0.2) is 198 Å². The highest BCUT2D eigenvalue weighted by Crippen LogP contribution is 2.49. The summed E-state index contributed by atoms with van der Waals surface area (Å²) in [6, 6.07) is 40.6. The lowest BCUT2D eigenvalue weighted by molar-refractivity contribution is 0.0491. The molecule has 2 aliphatic heterocycles. The van der Waals surface area contributed by atoms with Crippen molar-refractivity contribution in [1.29, 1.82) is 0 Å². The first kappa shape index (κ1) is 105. The Kier molecular flexibility index (Phi) is 38.2. The van der Waals surface area contributed by atoms with Crippen LogP contribution in [0.25, 0.3) is 0 Å².